The molecule has 214 valence electrons. The van der Waals surface area contributed by atoms with Crippen LogP contribution in [0, 0.1) is 0 Å². The second kappa shape index (κ2) is 11.8. The Morgan fingerprint density at radius 1 is 0.927 bits per heavy atom. The van der Waals surface area contributed by atoms with Crippen molar-refractivity contribution < 1.29 is 22.8 Å². The molecule has 2 fully saturated rings. The van der Waals surface area contributed by atoms with E-state index in [2.05, 4.69) is 15.5 Å². The number of hydrogen-bond acceptors (Lipinski definition) is 6. The molecule has 2 N–H and O–H groups in total. The molecule has 1 atom stereocenters. The molecule has 9 nitrogen and oxygen atoms in total. The number of hydrogen-bond donors (Lipinski definition) is 2. The first-order valence-corrected chi connectivity index (χ1v) is 15.6. The summed E-state index contributed by atoms with van der Waals surface area (Å²) in [5, 5.41) is 6.11. The Kier molecular flexibility index (Phi) is 8.23. The lowest BCUT2D eigenvalue weighted by Crippen LogP contribution is -2.55. The molecule has 0 radical (unpaired) electrons. The quantitative estimate of drug-likeness (QED) is 0.378. The molecular weight excluding hydrogens is 540 g/mol. The number of sulfone groups is 1. The summed E-state index contributed by atoms with van der Waals surface area (Å²) in [5.74, 6) is -0.367. The first kappa shape index (κ1) is 28.5. The number of piperidine rings is 1. The minimum absolute atomic E-state index is 0.0834. The third-order valence-electron chi connectivity index (χ3n) is 7.92. The Morgan fingerprint density at radius 2 is 1.54 bits per heavy atom. The van der Waals surface area contributed by atoms with Gasteiger partial charge in [0.1, 0.15) is 5.54 Å². The smallest absolute Gasteiger partial charge is 0.325 e. The highest BCUT2D eigenvalue weighted by Crippen LogP contribution is 2.31. The fourth-order valence-electron chi connectivity index (χ4n) is 5.49. The summed E-state index contributed by atoms with van der Waals surface area (Å²) in [7, 11) is -3.33. The molecule has 1 spiro atoms. The van der Waals surface area contributed by atoms with E-state index in [0.29, 0.717) is 43.5 Å². The summed E-state index contributed by atoms with van der Waals surface area (Å²) in [6.45, 7) is 2.08. The van der Waals surface area contributed by atoms with Gasteiger partial charge in [-0.15, -0.1) is 0 Å². The molecule has 0 saturated carbocycles. The molecule has 3 aromatic carbocycles. The van der Waals surface area contributed by atoms with Gasteiger partial charge in [-0.1, -0.05) is 60.7 Å². The van der Waals surface area contributed by atoms with E-state index in [-0.39, 0.29) is 29.3 Å². The molecule has 0 aliphatic carbocycles. The molecule has 4 amide bonds. The van der Waals surface area contributed by atoms with Gasteiger partial charge in [0, 0.05) is 31.5 Å². The van der Waals surface area contributed by atoms with Crippen molar-refractivity contribution in [2.75, 3.05) is 25.9 Å². The van der Waals surface area contributed by atoms with Gasteiger partial charge >= 0.3 is 6.03 Å². The van der Waals surface area contributed by atoms with Crippen LogP contribution in [-0.2, 0) is 21.2 Å². The lowest BCUT2D eigenvalue weighted by Gasteiger charge is -2.37. The van der Waals surface area contributed by atoms with Crippen molar-refractivity contribution in [2.24, 2.45) is 0 Å². The third-order valence-corrected chi connectivity index (χ3v) is 9.05. The van der Waals surface area contributed by atoms with E-state index in [9.17, 15) is 22.8 Å². The second-order valence-corrected chi connectivity index (χ2v) is 12.8. The van der Waals surface area contributed by atoms with Crippen molar-refractivity contribution in [1.29, 1.82) is 0 Å². The second-order valence-electron chi connectivity index (χ2n) is 10.8. The Hall–Kier alpha value is -4.02. The molecule has 2 aliphatic heterocycles. The first-order chi connectivity index (χ1) is 19.6. The predicted molar refractivity (Wildman–Crippen MR) is 155 cm³/mol. The van der Waals surface area contributed by atoms with Gasteiger partial charge in [0.2, 0.25) is 0 Å². The molecule has 41 heavy (non-hydrogen) atoms. The maximum absolute atomic E-state index is 13.4. The summed E-state index contributed by atoms with van der Waals surface area (Å²) in [5.41, 5.74) is 1.39. The minimum Gasteiger partial charge on any atom is -0.345 e. The number of urea groups is 1. The van der Waals surface area contributed by atoms with Crippen molar-refractivity contribution in [1.82, 2.24) is 20.4 Å². The topological polar surface area (TPSA) is 116 Å². The van der Waals surface area contributed by atoms with E-state index in [0.717, 1.165) is 18.4 Å². The van der Waals surface area contributed by atoms with Gasteiger partial charge < -0.3 is 15.5 Å². The lowest BCUT2D eigenvalue weighted by molar-refractivity contribution is -0.133. The Morgan fingerprint density at radius 3 is 2.15 bits per heavy atom. The largest absolute Gasteiger partial charge is 0.345 e. The van der Waals surface area contributed by atoms with Crippen LogP contribution in [-0.4, -0.2) is 67.5 Å². The van der Waals surface area contributed by atoms with E-state index < -0.39 is 21.4 Å². The van der Waals surface area contributed by atoms with Crippen molar-refractivity contribution in [3.63, 3.8) is 0 Å². The molecular formula is C31H34N4O5S. The van der Waals surface area contributed by atoms with Gasteiger partial charge in [0.15, 0.2) is 9.84 Å². The van der Waals surface area contributed by atoms with Gasteiger partial charge in [0.05, 0.1) is 17.5 Å². The Bertz CT molecular complexity index is 1500. The zero-order valence-electron chi connectivity index (χ0n) is 23.0. The predicted octanol–water partition coefficient (Wildman–Crippen LogP) is 3.54. The van der Waals surface area contributed by atoms with E-state index in [1.807, 2.05) is 48.5 Å². The van der Waals surface area contributed by atoms with Gasteiger partial charge in [-0.2, -0.15) is 0 Å². The summed E-state index contributed by atoms with van der Waals surface area (Å²) >= 11 is 0. The minimum atomic E-state index is -3.33. The number of nitrogens with one attached hydrogen (secondary N) is 2. The highest BCUT2D eigenvalue weighted by Gasteiger charge is 2.52. The number of likely N-dealkylation sites (tertiary alicyclic amines) is 1. The lowest BCUT2D eigenvalue weighted by atomic mass is 9.87. The number of carbonyl (C=O) groups excluding carboxylic acids is 3. The first-order valence-electron chi connectivity index (χ1n) is 13.7. The van der Waals surface area contributed by atoms with Crippen LogP contribution in [0.2, 0.25) is 0 Å². The van der Waals surface area contributed by atoms with E-state index >= 15 is 0 Å². The van der Waals surface area contributed by atoms with Crippen LogP contribution in [0.15, 0.2) is 89.8 Å². The molecule has 2 saturated heterocycles. The average Bonchev–Trinajstić information content (AvgIpc) is 3.20. The maximum Gasteiger partial charge on any atom is 0.325 e. The number of benzene rings is 3. The molecule has 2 heterocycles. The van der Waals surface area contributed by atoms with Crippen LogP contribution in [0.3, 0.4) is 0 Å². The van der Waals surface area contributed by atoms with Crippen LogP contribution in [0.25, 0.3) is 0 Å². The highest BCUT2D eigenvalue weighted by atomic mass is 32.2. The zero-order chi connectivity index (χ0) is 29.0. The van der Waals surface area contributed by atoms with E-state index in [1.54, 1.807) is 24.3 Å². The van der Waals surface area contributed by atoms with Crippen molar-refractivity contribution in [3.8, 4) is 0 Å². The molecule has 1 unspecified atom stereocenters. The van der Waals surface area contributed by atoms with Crippen molar-refractivity contribution in [2.45, 2.75) is 42.3 Å². The monoisotopic (exact) mass is 574 g/mol. The van der Waals surface area contributed by atoms with Gasteiger partial charge in [-0.3, -0.25) is 14.5 Å². The van der Waals surface area contributed by atoms with Crippen LogP contribution in [0.4, 0.5) is 4.79 Å². The number of amides is 4. The molecule has 0 bridgehead atoms. The van der Waals surface area contributed by atoms with Gasteiger partial charge in [0.25, 0.3) is 11.8 Å². The van der Waals surface area contributed by atoms with Gasteiger partial charge in [-0.25, -0.2) is 13.2 Å². The highest BCUT2D eigenvalue weighted by molar-refractivity contribution is 7.90. The summed E-state index contributed by atoms with van der Waals surface area (Å²) in [4.78, 5) is 42.8. The summed E-state index contributed by atoms with van der Waals surface area (Å²) in [6, 6.07) is 24.7. The fraction of sp³-hybridized carbons (Fsp3) is 0.323. The molecule has 10 heteroatoms. The summed E-state index contributed by atoms with van der Waals surface area (Å²) in [6.07, 6.45) is 2.82. The molecule has 2 aliphatic rings. The van der Waals surface area contributed by atoms with Crippen LogP contribution in [0.5, 0.6) is 0 Å². The number of nitrogens with zero attached hydrogens (tertiary/aromatic N) is 2. The van der Waals surface area contributed by atoms with Crippen molar-refractivity contribution >= 4 is 27.7 Å². The van der Waals surface area contributed by atoms with E-state index in [1.165, 1.54) is 17.0 Å². The number of imide groups is 1. The normalized spacial score (nSPS) is 17.8. The molecule has 5 rings (SSSR count). The standard InChI is InChI=1S/C31H34N4O5S/c1-41(39,40)26-14-12-23(13-15-26)22-35-29(37)31(33-30(35)38)17-20-34(21-18-31)19-16-27(24-8-4-2-5-9-24)32-28(36)25-10-6-3-7-11-25/h2-15,27H,16-22H2,1H3,(H,32,36)(H,33,38). The molecule has 3 aromatic rings. The summed E-state index contributed by atoms with van der Waals surface area (Å²) < 4.78 is 23.5. The fourth-order valence-corrected chi connectivity index (χ4v) is 6.12. The Balaban J connectivity index is 1.18. The van der Waals surface area contributed by atoms with E-state index in [4.69, 9.17) is 0 Å². The number of carbonyl (C=O) groups is 3. The van der Waals surface area contributed by atoms with Gasteiger partial charge in [-0.05, 0) is 54.7 Å². The SMILES string of the molecule is CS(=O)(=O)c1ccc(CN2C(=O)NC3(CCN(CCC(NC(=O)c4ccccc4)c4ccccc4)CC3)C2=O)cc1. The zero-order valence-corrected chi connectivity index (χ0v) is 23.8. The van der Waals surface area contributed by atoms with Crippen LogP contribution in [0.1, 0.15) is 46.8 Å². The third kappa shape index (κ3) is 6.49. The van der Waals surface area contributed by atoms with Crippen molar-refractivity contribution in [3.05, 3.63) is 102 Å². The number of rotatable bonds is 9. The Labute approximate surface area is 240 Å². The van der Waals surface area contributed by atoms with Crippen LogP contribution < -0.4 is 10.6 Å². The maximum atomic E-state index is 13.4. The van der Waals surface area contributed by atoms with Crippen LogP contribution >= 0.6 is 0 Å². The average molecular weight is 575 g/mol. The molecule has 0 aromatic heterocycles.